The van der Waals surface area contributed by atoms with Gasteiger partial charge in [-0.1, -0.05) is 19.1 Å². The highest BCUT2D eigenvalue weighted by molar-refractivity contribution is 5.79. The molecule has 4 rings (SSSR count). The Balaban J connectivity index is 1.52. The Hall–Kier alpha value is -2.93. The van der Waals surface area contributed by atoms with Gasteiger partial charge in [-0.3, -0.25) is 9.36 Å². The van der Waals surface area contributed by atoms with E-state index in [-0.39, 0.29) is 11.7 Å². The van der Waals surface area contributed by atoms with Crippen LogP contribution >= 0.6 is 0 Å². The first kappa shape index (κ1) is 20.3. The van der Waals surface area contributed by atoms with Crippen LogP contribution < -0.4 is 11.0 Å². The quantitative estimate of drug-likeness (QED) is 0.323. The Kier molecular flexibility index (Phi) is 5.99. The van der Waals surface area contributed by atoms with Crippen molar-refractivity contribution in [2.24, 2.45) is 11.0 Å². The van der Waals surface area contributed by atoms with Crippen molar-refractivity contribution in [3.63, 3.8) is 0 Å². The van der Waals surface area contributed by atoms with Gasteiger partial charge in [0, 0.05) is 19.1 Å². The molecule has 1 fully saturated rings. The van der Waals surface area contributed by atoms with E-state index >= 15 is 0 Å². The second-order valence-corrected chi connectivity index (χ2v) is 8.11. The van der Waals surface area contributed by atoms with Gasteiger partial charge in [0.15, 0.2) is 0 Å². The molecule has 30 heavy (non-hydrogen) atoms. The number of fused-ring (bicyclic) bond motifs is 1. The molecule has 0 spiro atoms. The fourth-order valence-electron chi connectivity index (χ4n) is 3.51. The molecule has 1 saturated carbocycles. The Morgan fingerprint density at radius 3 is 2.90 bits per heavy atom. The lowest BCUT2D eigenvalue weighted by Gasteiger charge is -2.13. The van der Waals surface area contributed by atoms with Crippen LogP contribution in [0.15, 0.2) is 50.7 Å². The Morgan fingerprint density at radius 1 is 1.33 bits per heavy atom. The first-order chi connectivity index (χ1) is 14.5. The zero-order valence-electron chi connectivity index (χ0n) is 17.7. The number of hydrogen-bond donors (Lipinski definition) is 1. The van der Waals surface area contributed by atoms with Gasteiger partial charge in [0.05, 0.1) is 23.2 Å². The van der Waals surface area contributed by atoms with E-state index in [0.717, 1.165) is 5.76 Å². The SMILES string of the molecule is CC(C)OCCCn1c(N/N=C\c2ccc([C@H]3C[C@@H]3C)o2)nc2ccccc2c1=O. The number of para-hydroxylation sites is 1. The highest BCUT2D eigenvalue weighted by Crippen LogP contribution is 2.47. The predicted molar refractivity (Wildman–Crippen MR) is 118 cm³/mol. The first-order valence-electron chi connectivity index (χ1n) is 10.5. The van der Waals surface area contributed by atoms with Gasteiger partial charge in [-0.2, -0.15) is 5.10 Å². The zero-order valence-corrected chi connectivity index (χ0v) is 17.7. The number of hydrazone groups is 1. The van der Waals surface area contributed by atoms with Gasteiger partial charge in [0.2, 0.25) is 5.95 Å². The van der Waals surface area contributed by atoms with Gasteiger partial charge in [-0.15, -0.1) is 0 Å². The van der Waals surface area contributed by atoms with Gasteiger partial charge in [-0.05, 0) is 56.9 Å². The Bertz CT molecular complexity index is 1100. The van der Waals surface area contributed by atoms with Crippen LogP contribution in [0.1, 0.15) is 51.1 Å². The molecule has 0 saturated heterocycles. The lowest BCUT2D eigenvalue weighted by atomic mass is 10.2. The van der Waals surface area contributed by atoms with Gasteiger partial charge in [0.1, 0.15) is 11.5 Å². The summed E-state index contributed by atoms with van der Waals surface area (Å²) < 4.78 is 13.1. The zero-order chi connectivity index (χ0) is 21.1. The number of hydrogen-bond acceptors (Lipinski definition) is 6. The molecule has 1 aliphatic carbocycles. The summed E-state index contributed by atoms with van der Waals surface area (Å²) >= 11 is 0. The third-order valence-corrected chi connectivity index (χ3v) is 5.32. The van der Waals surface area contributed by atoms with Crippen LogP contribution in [-0.4, -0.2) is 28.5 Å². The van der Waals surface area contributed by atoms with Crippen LogP contribution in [0.3, 0.4) is 0 Å². The average Bonchev–Trinajstić information content (AvgIpc) is 3.27. The highest BCUT2D eigenvalue weighted by Gasteiger charge is 2.36. The van der Waals surface area contributed by atoms with Gasteiger partial charge in [0.25, 0.3) is 5.56 Å². The van der Waals surface area contributed by atoms with Crippen LogP contribution in [0.25, 0.3) is 10.9 Å². The van der Waals surface area contributed by atoms with Crippen LogP contribution in [-0.2, 0) is 11.3 Å². The van der Waals surface area contributed by atoms with Crippen LogP contribution in [0.2, 0.25) is 0 Å². The largest absolute Gasteiger partial charge is 0.460 e. The van der Waals surface area contributed by atoms with Gasteiger partial charge >= 0.3 is 0 Å². The van der Waals surface area contributed by atoms with E-state index in [9.17, 15) is 4.79 Å². The van der Waals surface area contributed by atoms with E-state index in [1.807, 2.05) is 44.2 Å². The summed E-state index contributed by atoms with van der Waals surface area (Å²) in [6, 6.07) is 11.3. The molecule has 7 heteroatoms. The predicted octanol–water partition coefficient (Wildman–Crippen LogP) is 4.37. The van der Waals surface area contributed by atoms with E-state index in [0.29, 0.717) is 54.0 Å². The third kappa shape index (κ3) is 4.62. The smallest absolute Gasteiger partial charge is 0.262 e. The minimum absolute atomic E-state index is 0.0918. The number of furan rings is 1. The summed E-state index contributed by atoms with van der Waals surface area (Å²) in [5.41, 5.74) is 3.47. The molecule has 2 atom stereocenters. The minimum Gasteiger partial charge on any atom is -0.460 e. The normalized spacial score (nSPS) is 18.5. The monoisotopic (exact) mass is 408 g/mol. The number of rotatable bonds is 9. The maximum Gasteiger partial charge on any atom is 0.262 e. The molecule has 2 aromatic heterocycles. The topological polar surface area (TPSA) is 81.7 Å². The number of anilines is 1. The van der Waals surface area contributed by atoms with E-state index in [1.54, 1.807) is 16.8 Å². The molecule has 0 bridgehead atoms. The molecular formula is C23H28N4O3. The molecule has 3 aromatic rings. The fraction of sp³-hybridized carbons (Fsp3) is 0.435. The number of aromatic nitrogens is 2. The van der Waals surface area contributed by atoms with Crippen molar-refractivity contribution in [1.29, 1.82) is 0 Å². The van der Waals surface area contributed by atoms with Crippen molar-refractivity contribution >= 4 is 23.1 Å². The molecule has 0 amide bonds. The second kappa shape index (κ2) is 8.83. The number of nitrogens with zero attached hydrogens (tertiary/aromatic N) is 3. The standard InChI is InChI=1S/C23H28N4O3/c1-15(2)29-12-6-11-27-22(28)18-7-4-5-8-20(18)25-23(27)26-24-14-17-9-10-21(30-17)19-13-16(19)3/h4-5,7-10,14-16,19H,6,11-13H2,1-3H3,(H,25,26)/b24-14-/t16-,19-/m0/s1. The van der Waals surface area contributed by atoms with Crippen LogP contribution in [0, 0.1) is 5.92 Å². The number of benzene rings is 1. The maximum atomic E-state index is 13.0. The van der Waals surface area contributed by atoms with Crippen molar-refractivity contribution in [2.45, 2.75) is 52.2 Å². The van der Waals surface area contributed by atoms with Crippen molar-refractivity contribution in [3.05, 3.63) is 58.3 Å². The van der Waals surface area contributed by atoms with Crippen LogP contribution in [0.5, 0.6) is 0 Å². The molecule has 0 unspecified atom stereocenters. The van der Waals surface area contributed by atoms with Crippen molar-refractivity contribution < 1.29 is 9.15 Å². The fourth-order valence-corrected chi connectivity index (χ4v) is 3.51. The summed E-state index contributed by atoms with van der Waals surface area (Å²) in [6.45, 7) is 7.28. The summed E-state index contributed by atoms with van der Waals surface area (Å²) in [4.78, 5) is 17.6. The number of nitrogens with one attached hydrogen (secondary N) is 1. The molecule has 2 heterocycles. The third-order valence-electron chi connectivity index (χ3n) is 5.32. The van der Waals surface area contributed by atoms with Crippen molar-refractivity contribution in [1.82, 2.24) is 9.55 Å². The lowest BCUT2D eigenvalue weighted by Crippen LogP contribution is -2.25. The molecule has 1 aromatic carbocycles. The van der Waals surface area contributed by atoms with Crippen molar-refractivity contribution in [2.75, 3.05) is 12.0 Å². The summed E-state index contributed by atoms with van der Waals surface area (Å²) in [7, 11) is 0. The van der Waals surface area contributed by atoms with E-state index < -0.39 is 0 Å². The Labute approximate surface area is 175 Å². The second-order valence-electron chi connectivity index (χ2n) is 8.11. The molecular weight excluding hydrogens is 380 g/mol. The molecule has 158 valence electrons. The first-order valence-corrected chi connectivity index (χ1v) is 10.5. The van der Waals surface area contributed by atoms with Gasteiger partial charge in [-0.25, -0.2) is 10.4 Å². The summed E-state index contributed by atoms with van der Waals surface area (Å²) in [5.74, 6) is 3.31. The maximum absolute atomic E-state index is 13.0. The lowest BCUT2D eigenvalue weighted by molar-refractivity contribution is 0.0748. The average molecular weight is 409 g/mol. The highest BCUT2D eigenvalue weighted by atomic mass is 16.5. The van der Waals surface area contributed by atoms with E-state index in [4.69, 9.17) is 9.15 Å². The molecule has 1 N–H and O–H groups in total. The molecule has 0 aliphatic heterocycles. The van der Waals surface area contributed by atoms with Crippen LogP contribution in [0.4, 0.5) is 5.95 Å². The van der Waals surface area contributed by atoms with Crippen molar-refractivity contribution in [3.8, 4) is 0 Å². The number of ether oxygens (including phenoxy) is 1. The summed E-state index contributed by atoms with van der Waals surface area (Å²) in [5, 5.41) is 4.86. The summed E-state index contributed by atoms with van der Waals surface area (Å²) in [6.07, 6.45) is 3.66. The Morgan fingerprint density at radius 2 is 2.13 bits per heavy atom. The van der Waals surface area contributed by atoms with E-state index in [2.05, 4.69) is 22.4 Å². The van der Waals surface area contributed by atoms with Gasteiger partial charge < -0.3 is 9.15 Å². The van der Waals surface area contributed by atoms with E-state index in [1.165, 1.54) is 6.42 Å². The molecule has 0 radical (unpaired) electrons. The molecule has 1 aliphatic rings. The molecule has 7 nitrogen and oxygen atoms in total. The minimum atomic E-state index is -0.0918.